The van der Waals surface area contributed by atoms with E-state index in [1.807, 2.05) is 12.1 Å². The summed E-state index contributed by atoms with van der Waals surface area (Å²) in [6.45, 7) is 8.57. The molecule has 1 atom stereocenters. The predicted molar refractivity (Wildman–Crippen MR) is 105 cm³/mol. The third kappa shape index (κ3) is 2.93. The Bertz CT molecular complexity index is 1140. The second kappa shape index (κ2) is 6.38. The Hall–Kier alpha value is -2.26. The SMILES string of the molecule is Cc1c(S(=O)(=O)N2CCCC2c2ccnc3cc(C(C)(C)C)nn23)cnn1C. The lowest BCUT2D eigenvalue weighted by Crippen LogP contribution is -2.32. The van der Waals surface area contributed by atoms with E-state index in [0.717, 1.165) is 29.9 Å². The van der Waals surface area contributed by atoms with Gasteiger partial charge in [0.2, 0.25) is 10.0 Å². The first-order valence-corrected chi connectivity index (χ1v) is 10.9. The largest absolute Gasteiger partial charge is 0.272 e. The fourth-order valence-electron chi connectivity index (χ4n) is 3.71. The number of rotatable bonds is 3. The van der Waals surface area contributed by atoms with Gasteiger partial charge in [-0.05, 0) is 25.8 Å². The molecule has 0 saturated carbocycles. The van der Waals surface area contributed by atoms with Gasteiger partial charge < -0.3 is 0 Å². The van der Waals surface area contributed by atoms with E-state index < -0.39 is 10.0 Å². The van der Waals surface area contributed by atoms with Crippen LogP contribution in [0.25, 0.3) is 5.65 Å². The van der Waals surface area contributed by atoms with Crippen molar-refractivity contribution in [3.63, 3.8) is 0 Å². The number of hydrogen-bond acceptors (Lipinski definition) is 5. The summed E-state index contributed by atoms with van der Waals surface area (Å²) < 4.78 is 31.7. The van der Waals surface area contributed by atoms with Crippen molar-refractivity contribution in [1.82, 2.24) is 28.7 Å². The van der Waals surface area contributed by atoms with Crippen LogP contribution < -0.4 is 0 Å². The lowest BCUT2D eigenvalue weighted by molar-refractivity contribution is 0.384. The van der Waals surface area contributed by atoms with Crippen LogP contribution in [-0.4, -0.2) is 43.6 Å². The van der Waals surface area contributed by atoms with E-state index >= 15 is 0 Å². The summed E-state index contributed by atoms with van der Waals surface area (Å²) in [5.41, 5.74) is 3.05. The van der Waals surface area contributed by atoms with E-state index in [9.17, 15) is 8.42 Å². The van der Waals surface area contributed by atoms with Crippen LogP contribution in [0.5, 0.6) is 0 Å². The molecule has 1 unspecified atom stereocenters. The molecule has 1 saturated heterocycles. The van der Waals surface area contributed by atoms with E-state index in [4.69, 9.17) is 5.10 Å². The summed E-state index contributed by atoms with van der Waals surface area (Å²) in [4.78, 5) is 4.70. The molecule has 0 aromatic carbocycles. The highest BCUT2D eigenvalue weighted by molar-refractivity contribution is 7.89. The standard InChI is InChI=1S/C19H26N6O2S/c1-13-16(12-21-23(13)5)28(26,27)24-10-6-7-14(24)15-8-9-20-18-11-17(19(2,3)4)22-25(15)18/h8-9,11-12,14H,6-7,10H2,1-5H3. The fourth-order valence-corrected chi connectivity index (χ4v) is 5.57. The summed E-state index contributed by atoms with van der Waals surface area (Å²) in [7, 11) is -1.90. The highest BCUT2D eigenvalue weighted by atomic mass is 32.2. The van der Waals surface area contributed by atoms with Crippen LogP contribution in [0.1, 0.15) is 56.7 Å². The molecule has 1 aliphatic heterocycles. The first-order valence-electron chi connectivity index (χ1n) is 9.46. The van der Waals surface area contributed by atoms with E-state index in [2.05, 4.69) is 30.9 Å². The van der Waals surface area contributed by atoms with Crippen molar-refractivity contribution in [2.75, 3.05) is 6.54 Å². The van der Waals surface area contributed by atoms with Crippen molar-refractivity contribution < 1.29 is 8.42 Å². The zero-order valence-electron chi connectivity index (χ0n) is 16.9. The highest BCUT2D eigenvalue weighted by Crippen LogP contribution is 2.37. The molecule has 4 heterocycles. The quantitative estimate of drug-likeness (QED) is 0.672. The lowest BCUT2D eigenvalue weighted by Gasteiger charge is -2.24. The summed E-state index contributed by atoms with van der Waals surface area (Å²) in [5, 5.41) is 8.87. The third-order valence-electron chi connectivity index (χ3n) is 5.48. The average Bonchev–Trinajstić information content (AvgIpc) is 3.33. The van der Waals surface area contributed by atoms with Gasteiger partial charge in [0.15, 0.2) is 5.65 Å². The van der Waals surface area contributed by atoms with Crippen molar-refractivity contribution >= 4 is 15.7 Å². The second-order valence-electron chi connectivity index (χ2n) is 8.41. The molecule has 3 aromatic rings. The van der Waals surface area contributed by atoms with Crippen molar-refractivity contribution in [3.05, 3.63) is 41.6 Å². The van der Waals surface area contributed by atoms with Crippen LogP contribution in [0.3, 0.4) is 0 Å². The van der Waals surface area contributed by atoms with Gasteiger partial charge in [0, 0.05) is 31.3 Å². The van der Waals surface area contributed by atoms with Gasteiger partial charge in [-0.2, -0.15) is 14.5 Å². The molecule has 0 N–H and O–H groups in total. The van der Waals surface area contributed by atoms with Gasteiger partial charge in [-0.1, -0.05) is 20.8 Å². The van der Waals surface area contributed by atoms with Gasteiger partial charge in [0.05, 0.1) is 29.3 Å². The number of fused-ring (bicyclic) bond motifs is 1. The average molecular weight is 403 g/mol. The molecule has 150 valence electrons. The predicted octanol–water partition coefficient (Wildman–Crippen LogP) is 2.59. The Morgan fingerprint density at radius 2 is 2.00 bits per heavy atom. The summed E-state index contributed by atoms with van der Waals surface area (Å²) in [5.74, 6) is 0. The number of aromatic nitrogens is 5. The van der Waals surface area contributed by atoms with Crippen LogP contribution in [0.2, 0.25) is 0 Å². The smallest absolute Gasteiger partial charge is 0.247 e. The lowest BCUT2D eigenvalue weighted by atomic mass is 9.93. The minimum absolute atomic E-state index is 0.112. The van der Waals surface area contributed by atoms with Crippen molar-refractivity contribution in [3.8, 4) is 0 Å². The summed E-state index contributed by atoms with van der Waals surface area (Å²) >= 11 is 0. The number of aryl methyl sites for hydroxylation is 1. The van der Waals surface area contributed by atoms with Gasteiger partial charge >= 0.3 is 0 Å². The van der Waals surface area contributed by atoms with Gasteiger partial charge in [-0.3, -0.25) is 4.68 Å². The monoisotopic (exact) mass is 402 g/mol. The molecule has 0 aliphatic carbocycles. The van der Waals surface area contributed by atoms with Gasteiger partial charge in [0.1, 0.15) is 4.90 Å². The number of hydrogen-bond donors (Lipinski definition) is 0. The number of nitrogens with zero attached hydrogens (tertiary/aromatic N) is 6. The normalized spacial score (nSPS) is 19.0. The number of sulfonamides is 1. The molecule has 0 spiro atoms. The first kappa shape index (κ1) is 19.1. The van der Waals surface area contributed by atoms with Crippen molar-refractivity contribution in [1.29, 1.82) is 0 Å². The molecule has 4 rings (SSSR count). The van der Waals surface area contributed by atoms with Crippen molar-refractivity contribution in [2.45, 2.75) is 56.9 Å². The Morgan fingerprint density at radius 3 is 2.64 bits per heavy atom. The maximum atomic E-state index is 13.4. The molecule has 0 radical (unpaired) electrons. The maximum absolute atomic E-state index is 13.4. The second-order valence-corrected chi connectivity index (χ2v) is 10.3. The van der Waals surface area contributed by atoms with E-state index in [1.165, 1.54) is 6.20 Å². The molecular formula is C19H26N6O2S. The highest BCUT2D eigenvalue weighted by Gasteiger charge is 2.39. The van der Waals surface area contributed by atoms with Crippen LogP contribution in [0.4, 0.5) is 0 Å². The van der Waals surface area contributed by atoms with Gasteiger partial charge in [0.25, 0.3) is 0 Å². The molecule has 1 aliphatic rings. The molecule has 9 heteroatoms. The molecule has 1 fully saturated rings. The zero-order chi connectivity index (χ0) is 20.3. The van der Waals surface area contributed by atoms with E-state index in [0.29, 0.717) is 12.2 Å². The summed E-state index contributed by atoms with van der Waals surface area (Å²) in [6.07, 6.45) is 4.73. The van der Waals surface area contributed by atoms with E-state index in [1.54, 1.807) is 33.7 Å². The first-order chi connectivity index (χ1) is 13.1. The van der Waals surface area contributed by atoms with E-state index in [-0.39, 0.29) is 16.4 Å². The van der Waals surface area contributed by atoms with Gasteiger partial charge in [-0.25, -0.2) is 17.9 Å². The topological polar surface area (TPSA) is 85.4 Å². The zero-order valence-corrected chi connectivity index (χ0v) is 17.7. The minimum atomic E-state index is -3.65. The Kier molecular flexibility index (Phi) is 4.35. The third-order valence-corrected chi connectivity index (χ3v) is 7.49. The summed E-state index contributed by atoms with van der Waals surface area (Å²) in [6, 6.07) is 3.58. The van der Waals surface area contributed by atoms with Gasteiger partial charge in [-0.15, -0.1) is 0 Å². The molecule has 28 heavy (non-hydrogen) atoms. The van der Waals surface area contributed by atoms with Crippen LogP contribution in [0.15, 0.2) is 29.4 Å². The fraction of sp³-hybridized carbons (Fsp3) is 0.526. The Balaban J connectivity index is 1.81. The Morgan fingerprint density at radius 1 is 1.25 bits per heavy atom. The molecule has 0 amide bonds. The Labute approximate surface area is 165 Å². The molecule has 0 bridgehead atoms. The van der Waals surface area contributed by atoms with Crippen molar-refractivity contribution in [2.24, 2.45) is 7.05 Å². The molecule has 3 aromatic heterocycles. The molecule has 8 nitrogen and oxygen atoms in total. The maximum Gasteiger partial charge on any atom is 0.247 e. The minimum Gasteiger partial charge on any atom is -0.272 e. The van der Waals surface area contributed by atoms with Crippen LogP contribution >= 0.6 is 0 Å². The molecular weight excluding hydrogens is 376 g/mol. The van der Waals surface area contributed by atoms with Crippen LogP contribution in [0, 0.1) is 6.92 Å². The van der Waals surface area contributed by atoms with Crippen LogP contribution in [-0.2, 0) is 22.5 Å².